The van der Waals surface area contributed by atoms with Crippen molar-refractivity contribution in [2.45, 2.75) is 58.5 Å². The molecule has 1 fully saturated rings. The van der Waals surface area contributed by atoms with Gasteiger partial charge in [0.2, 0.25) is 10.0 Å². The van der Waals surface area contributed by atoms with Gasteiger partial charge in [-0.2, -0.15) is 4.31 Å². The Bertz CT molecular complexity index is 635. The van der Waals surface area contributed by atoms with Gasteiger partial charge in [0.1, 0.15) is 0 Å². The highest BCUT2D eigenvalue weighted by Gasteiger charge is 2.30. The normalized spacial score (nSPS) is 15.4. The predicted molar refractivity (Wildman–Crippen MR) is 99.6 cm³/mol. The molecule has 25 heavy (non-hydrogen) atoms. The first-order chi connectivity index (χ1) is 11.9. The van der Waals surface area contributed by atoms with Gasteiger partial charge in [-0.1, -0.05) is 33.8 Å². The summed E-state index contributed by atoms with van der Waals surface area (Å²) in [7, 11) is -2.05. The Balaban J connectivity index is 0.00000134. The van der Waals surface area contributed by atoms with Gasteiger partial charge in [0.15, 0.2) is 0 Å². The highest BCUT2D eigenvalue weighted by atomic mass is 32.2. The van der Waals surface area contributed by atoms with Crippen LogP contribution in [0, 0.1) is 6.92 Å². The number of piperidine rings is 1. The van der Waals surface area contributed by atoms with Gasteiger partial charge >= 0.3 is 5.97 Å². The highest BCUT2D eigenvalue weighted by molar-refractivity contribution is 7.89. The maximum absolute atomic E-state index is 12.7. The molecule has 1 saturated heterocycles. The van der Waals surface area contributed by atoms with Gasteiger partial charge < -0.3 is 9.84 Å². The minimum atomic E-state index is -3.67. The molecule has 144 valence electrons. The topological polar surface area (TPSA) is 83.9 Å². The third-order valence-corrected chi connectivity index (χ3v) is 5.83. The molecule has 0 saturated carbocycles. The number of rotatable bonds is 4. The molecule has 1 aliphatic rings. The van der Waals surface area contributed by atoms with Crippen LogP contribution in [0.5, 0.6) is 0 Å². The van der Waals surface area contributed by atoms with Crippen LogP contribution < -0.4 is 0 Å². The van der Waals surface area contributed by atoms with E-state index < -0.39 is 16.0 Å². The van der Waals surface area contributed by atoms with Crippen molar-refractivity contribution in [1.29, 1.82) is 0 Å². The standard InChI is InChI=1S/C14H19NO5S.2C2H6/c1-10-3-4-11(14(16)17)9-13(10)21(18,19)15-7-5-12(20-2)6-8-15;2*1-2/h3-4,9,12H,5-8H2,1-2H3,(H,16,17);2*1-2H3. The van der Waals surface area contributed by atoms with E-state index in [0.717, 1.165) is 0 Å². The third-order valence-electron chi connectivity index (χ3n) is 3.79. The number of carboxylic acid groups (broad SMARTS) is 1. The van der Waals surface area contributed by atoms with Crippen molar-refractivity contribution in [3.05, 3.63) is 29.3 Å². The zero-order chi connectivity index (χ0) is 19.6. The van der Waals surface area contributed by atoms with E-state index in [0.29, 0.717) is 31.5 Å². The van der Waals surface area contributed by atoms with Crippen LogP contribution in [-0.4, -0.2) is 50.1 Å². The minimum Gasteiger partial charge on any atom is -0.478 e. The number of hydrogen-bond donors (Lipinski definition) is 1. The largest absolute Gasteiger partial charge is 0.478 e. The molecule has 0 aliphatic carbocycles. The number of ether oxygens (including phenoxy) is 1. The molecule has 0 spiro atoms. The quantitative estimate of drug-likeness (QED) is 0.872. The Morgan fingerprint density at radius 1 is 1.16 bits per heavy atom. The molecule has 0 unspecified atom stereocenters. The summed E-state index contributed by atoms with van der Waals surface area (Å²) in [5.74, 6) is -1.13. The van der Waals surface area contributed by atoms with Gasteiger partial charge in [-0.25, -0.2) is 13.2 Å². The lowest BCUT2D eigenvalue weighted by atomic mass is 10.1. The van der Waals surface area contributed by atoms with Crippen molar-refractivity contribution < 1.29 is 23.1 Å². The summed E-state index contributed by atoms with van der Waals surface area (Å²) in [6, 6.07) is 4.17. The number of aromatic carboxylic acids is 1. The first-order valence-electron chi connectivity index (χ1n) is 8.73. The monoisotopic (exact) mass is 373 g/mol. The Kier molecular flexibility index (Phi) is 10.6. The number of carbonyl (C=O) groups is 1. The third kappa shape index (κ3) is 6.09. The van der Waals surface area contributed by atoms with E-state index in [1.807, 2.05) is 27.7 Å². The van der Waals surface area contributed by atoms with Crippen LogP contribution >= 0.6 is 0 Å². The molecule has 1 aromatic carbocycles. The predicted octanol–water partition coefficient (Wildman–Crippen LogP) is 3.55. The number of aryl methyl sites for hydroxylation is 1. The summed E-state index contributed by atoms with van der Waals surface area (Å²) in [6.07, 6.45) is 1.38. The van der Waals surface area contributed by atoms with Crippen molar-refractivity contribution in [1.82, 2.24) is 4.31 Å². The Hall–Kier alpha value is -1.44. The molecule has 0 aromatic heterocycles. The Morgan fingerprint density at radius 2 is 1.68 bits per heavy atom. The van der Waals surface area contributed by atoms with Crippen LogP contribution in [0.3, 0.4) is 0 Å². The SMILES string of the molecule is CC.CC.COC1CCN(S(=O)(=O)c2cc(C(=O)O)ccc2C)CC1. The van der Waals surface area contributed by atoms with Crippen molar-refractivity contribution >= 4 is 16.0 Å². The number of carboxylic acids is 1. The fraction of sp³-hybridized carbons (Fsp3) is 0.611. The molecule has 1 aromatic rings. The summed E-state index contributed by atoms with van der Waals surface area (Å²) in [4.78, 5) is 11.1. The Labute approximate surface area is 151 Å². The lowest BCUT2D eigenvalue weighted by Gasteiger charge is -2.30. The van der Waals surface area contributed by atoms with E-state index in [1.54, 1.807) is 14.0 Å². The first kappa shape index (κ1) is 23.6. The molecule has 0 radical (unpaired) electrons. The maximum atomic E-state index is 12.7. The minimum absolute atomic E-state index is 0.0223. The second kappa shape index (κ2) is 11.2. The van der Waals surface area contributed by atoms with Gasteiger partial charge in [-0.05, 0) is 37.5 Å². The Morgan fingerprint density at radius 3 is 2.12 bits per heavy atom. The number of methoxy groups -OCH3 is 1. The molecule has 0 atom stereocenters. The summed E-state index contributed by atoms with van der Waals surface area (Å²) < 4.78 is 32.0. The van der Waals surface area contributed by atoms with Crippen LogP contribution in [0.2, 0.25) is 0 Å². The number of benzene rings is 1. The number of hydrogen-bond acceptors (Lipinski definition) is 4. The maximum Gasteiger partial charge on any atom is 0.335 e. The molecule has 1 N–H and O–H groups in total. The van der Waals surface area contributed by atoms with E-state index in [-0.39, 0.29) is 16.6 Å². The lowest BCUT2D eigenvalue weighted by Crippen LogP contribution is -2.40. The van der Waals surface area contributed by atoms with Gasteiger partial charge in [0.25, 0.3) is 0 Å². The van der Waals surface area contributed by atoms with Gasteiger partial charge in [-0.3, -0.25) is 0 Å². The van der Waals surface area contributed by atoms with Crippen LogP contribution in [0.1, 0.15) is 56.5 Å². The summed E-state index contributed by atoms with van der Waals surface area (Å²) in [6.45, 7) is 10.4. The van der Waals surface area contributed by atoms with Crippen molar-refractivity contribution in [2.24, 2.45) is 0 Å². The lowest BCUT2D eigenvalue weighted by molar-refractivity contribution is 0.0604. The zero-order valence-corrected chi connectivity index (χ0v) is 16.9. The molecule has 6 nitrogen and oxygen atoms in total. The average molecular weight is 374 g/mol. The van der Waals surface area contributed by atoms with Crippen LogP contribution in [-0.2, 0) is 14.8 Å². The van der Waals surface area contributed by atoms with Gasteiger partial charge in [-0.15, -0.1) is 0 Å². The first-order valence-corrected chi connectivity index (χ1v) is 10.2. The molecule has 0 amide bonds. The fourth-order valence-corrected chi connectivity index (χ4v) is 4.18. The molecule has 0 bridgehead atoms. The van der Waals surface area contributed by atoms with E-state index >= 15 is 0 Å². The second-order valence-corrected chi connectivity index (χ2v) is 7.03. The molecule has 1 heterocycles. The second-order valence-electron chi connectivity index (χ2n) is 5.12. The molecule has 1 aliphatic heterocycles. The van der Waals surface area contributed by atoms with E-state index in [1.165, 1.54) is 22.5 Å². The number of nitrogens with zero attached hydrogens (tertiary/aromatic N) is 1. The van der Waals surface area contributed by atoms with E-state index in [4.69, 9.17) is 9.84 Å². The summed E-state index contributed by atoms with van der Waals surface area (Å²) >= 11 is 0. The molecular weight excluding hydrogens is 342 g/mol. The fourth-order valence-electron chi connectivity index (χ4n) is 2.46. The highest BCUT2D eigenvalue weighted by Crippen LogP contribution is 2.25. The van der Waals surface area contributed by atoms with E-state index in [2.05, 4.69) is 0 Å². The van der Waals surface area contributed by atoms with Crippen molar-refractivity contribution in [2.75, 3.05) is 20.2 Å². The van der Waals surface area contributed by atoms with Crippen LogP contribution in [0.4, 0.5) is 0 Å². The average Bonchev–Trinajstić information content (AvgIpc) is 2.65. The summed E-state index contributed by atoms with van der Waals surface area (Å²) in [5.41, 5.74) is 0.528. The summed E-state index contributed by atoms with van der Waals surface area (Å²) in [5, 5.41) is 9.02. The molecular formula is C18H31NO5S. The van der Waals surface area contributed by atoms with Gasteiger partial charge in [0, 0.05) is 20.2 Å². The van der Waals surface area contributed by atoms with Gasteiger partial charge in [0.05, 0.1) is 16.6 Å². The van der Waals surface area contributed by atoms with Crippen LogP contribution in [0.25, 0.3) is 0 Å². The van der Waals surface area contributed by atoms with Crippen molar-refractivity contribution in [3.8, 4) is 0 Å². The van der Waals surface area contributed by atoms with E-state index in [9.17, 15) is 13.2 Å². The number of sulfonamides is 1. The molecule has 2 rings (SSSR count). The van der Waals surface area contributed by atoms with Crippen LogP contribution in [0.15, 0.2) is 23.1 Å². The molecule has 7 heteroatoms. The zero-order valence-electron chi connectivity index (χ0n) is 16.1. The smallest absolute Gasteiger partial charge is 0.335 e. The van der Waals surface area contributed by atoms with Crippen molar-refractivity contribution in [3.63, 3.8) is 0 Å².